The maximum absolute atomic E-state index is 12.6. The number of carbonyl (C=O) groups excluding carboxylic acids is 1. The van der Waals surface area contributed by atoms with Crippen LogP contribution < -0.4 is 10.1 Å². The number of rotatable bonds is 6. The molecule has 1 amide bonds. The quantitative estimate of drug-likeness (QED) is 0.457. The van der Waals surface area contributed by atoms with Crippen molar-refractivity contribution in [3.8, 4) is 0 Å². The molecule has 0 aliphatic carbocycles. The Hall–Kier alpha value is -3.39. The van der Waals surface area contributed by atoms with Gasteiger partial charge < -0.3 is 9.73 Å². The summed E-state index contributed by atoms with van der Waals surface area (Å²) in [6.45, 7) is 6.97. The van der Waals surface area contributed by atoms with Crippen molar-refractivity contribution >= 4 is 27.3 Å². The molecule has 0 atom stereocenters. The molecule has 0 bridgehead atoms. The third-order valence-electron chi connectivity index (χ3n) is 4.61. The Labute approximate surface area is 175 Å². The van der Waals surface area contributed by atoms with Gasteiger partial charge in [0.15, 0.2) is 0 Å². The van der Waals surface area contributed by atoms with Crippen LogP contribution in [0.15, 0.2) is 69.2 Å². The molecule has 0 aliphatic rings. The van der Waals surface area contributed by atoms with Gasteiger partial charge in [0.1, 0.15) is 5.76 Å². The molecule has 156 valence electrons. The Balaban J connectivity index is 1.78. The Morgan fingerprint density at radius 3 is 2.50 bits per heavy atom. The van der Waals surface area contributed by atoms with E-state index in [1.807, 2.05) is 13.0 Å². The predicted octanol–water partition coefficient (Wildman–Crippen LogP) is 4.16. The molecule has 30 heavy (non-hydrogen) atoms. The van der Waals surface area contributed by atoms with Crippen LogP contribution in [0.4, 0.5) is 5.69 Å². The fourth-order valence-corrected chi connectivity index (χ4v) is 4.07. The molecule has 1 aromatic heterocycles. The van der Waals surface area contributed by atoms with E-state index in [4.69, 9.17) is 4.42 Å². The summed E-state index contributed by atoms with van der Waals surface area (Å²) in [6, 6.07) is 13.8. The topological polar surface area (TPSA) is 101 Å². The minimum atomic E-state index is -3.80. The number of hydrogen-bond donors (Lipinski definition) is 2. The number of nitrogens with zero attached hydrogens (tertiary/aromatic N) is 1. The first kappa shape index (κ1) is 21.3. The van der Waals surface area contributed by atoms with Crippen molar-refractivity contribution in [1.82, 2.24) is 4.83 Å². The molecule has 0 unspecified atom stereocenters. The zero-order chi connectivity index (χ0) is 21.9. The lowest BCUT2D eigenvalue weighted by atomic mass is 10.1. The van der Waals surface area contributed by atoms with Crippen molar-refractivity contribution in [3.05, 3.63) is 82.8 Å². The number of hydrazone groups is 1. The molecule has 7 nitrogen and oxygen atoms in total. The van der Waals surface area contributed by atoms with E-state index in [0.717, 1.165) is 5.56 Å². The predicted molar refractivity (Wildman–Crippen MR) is 116 cm³/mol. The molecular weight excluding hydrogens is 402 g/mol. The SMILES string of the molecule is C/C(=N/NS(=O)(=O)c1cc(C)ccc1C)c1cccc(NC(=O)c2ccoc2C)c1. The van der Waals surface area contributed by atoms with E-state index in [-0.39, 0.29) is 10.8 Å². The highest BCUT2D eigenvalue weighted by Gasteiger charge is 2.16. The van der Waals surface area contributed by atoms with Crippen LogP contribution in [0.25, 0.3) is 0 Å². The van der Waals surface area contributed by atoms with E-state index >= 15 is 0 Å². The van der Waals surface area contributed by atoms with Crippen molar-refractivity contribution in [2.45, 2.75) is 32.6 Å². The van der Waals surface area contributed by atoms with Crippen LogP contribution in [-0.4, -0.2) is 20.0 Å². The first-order valence-electron chi connectivity index (χ1n) is 9.26. The number of carbonyl (C=O) groups is 1. The second-order valence-corrected chi connectivity index (χ2v) is 8.62. The number of hydrogen-bond acceptors (Lipinski definition) is 5. The van der Waals surface area contributed by atoms with Gasteiger partial charge >= 0.3 is 0 Å². The van der Waals surface area contributed by atoms with E-state index < -0.39 is 10.0 Å². The summed E-state index contributed by atoms with van der Waals surface area (Å²) < 4.78 is 30.4. The van der Waals surface area contributed by atoms with Crippen LogP contribution in [0.5, 0.6) is 0 Å². The van der Waals surface area contributed by atoms with Crippen LogP contribution in [0.1, 0.15) is 39.7 Å². The smallest absolute Gasteiger partial charge is 0.276 e. The zero-order valence-corrected chi connectivity index (χ0v) is 18.0. The number of aryl methyl sites for hydroxylation is 3. The molecule has 2 N–H and O–H groups in total. The molecule has 1 heterocycles. The van der Waals surface area contributed by atoms with Gasteiger partial charge in [0, 0.05) is 5.69 Å². The monoisotopic (exact) mass is 425 g/mol. The largest absolute Gasteiger partial charge is 0.469 e. The van der Waals surface area contributed by atoms with Crippen LogP contribution in [0.2, 0.25) is 0 Å². The van der Waals surface area contributed by atoms with Crippen molar-refractivity contribution in [2.75, 3.05) is 5.32 Å². The maximum atomic E-state index is 12.6. The number of anilines is 1. The van der Waals surface area contributed by atoms with Crippen LogP contribution >= 0.6 is 0 Å². The lowest BCUT2D eigenvalue weighted by molar-refractivity contribution is 0.102. The molecule has 0 aliphatic heterocycles. The summed E-state index contributed by atoms with van der Waals surface area (Å²) >= 11 is 0. The molecular formula is C22H23N3O4S. The van der Waals surface area contributed by atoms with Crippen molar-refractivity contribution in [3.63, 3.8) is 0 Å². The van der Waals surface area contributed by atoms with Gasteiger partial charge in [-0.15, -0.1) is 0 Å². The van der Waals surface area contributed by atoms with Gasteiger partial charge in [-0.05, 0) is 68.7 Å². The maximum Gasteiger partial charge on any atom is 0.276 e. The van der Waals surface area contributed by atoms with Gasteiger partial charge in [-0.1, -0.05) is 24.3 Å². The van der Waals surface area contributed by atoms with Crippen molar-refractivity contribution in [1.29, 1.82) is 0 Å². The van der Waals surface area contributed by atoms with Gasteiger partial charge in [-0.3, -0.25) is 4.79 Å². The highest BCUT2D eigenvalue weighted by Crippen LogP contribution is 2.18. The van der Waals surface area contributed by atoms with Crippen molar-refractivity contribution in [2.24, 2.45) is 5.10 Å². The molecule has 0 radical (unpaired) electrons. The minimum absolute atomic E-state index is 0.190. The van der Waals surface area contributed by atoms with Crippen LogP contribution in [-0.2, 0) is 10.0 Å². The Morgan fingerprint density at radius 1 is 1.03 bits per heavy atom. The second-order valence-electron chi connectivity index (χ2n) is 6.99. The normalized spacial score (nSPS) is 11.9. The summed E-state index contributed by atoms with van der Waals surface area (Å²) in [6.07, 6.45) is 1.46. The minimum Gasteiger partial charge on any atom is -0.469 e. The van der Waals surface area contributed by atoms with Gasteiger partial charge in [-0.25, -0.2) is 0 Å². The Kier molecular flexibility index (Phi) is 6.07. The Bertz CT molecular complexity index is 1230. The number of amides is 1. The molecule has 0 saturated heterocycles. The molecule has 0 fully saturated rings. The average molecular weight is 426 g/mol. The number of nitrogens with one attached hydrogen (secondary N) is 2. The fourth-order valence-electron chi connectivity index (χ4n) is 2.88. The van der Waals surface area contributed by atoms with E-state index in [1.165, 1.54) is 6.26 Å². The third-order valence-corrected chi connectivity index (χ3v) is 5.96. The molecule has 2 aromatic carbocycles. The summed E-state index contributed by atoms with van der Waals surface area (Å²) in [4.78, 5) is 14.8. The van der Waals surface area contributed by atoms with Crippen molar-refractivity contribution < 1.29 is 17.6 Å². The molecule has 3 rings (SSSR count). The van der Waals surface area contributed by atoms with Gasteiger partial charge in [-0.2, -0.15) is 18.4 Å². The summed E-state index contributed by atoms with van der Waals surface area (Å²) in [5.74, 6) is 0.242. The van der Waals surface area contributed by atoms with E-state index in [1.54, 1.807) is 63.2 Å². The fraction of sp³-hybridized carbons (Fsp3) is 0.182. The number of sulfonamides is 1. The Morgan fingerprint density at radius 2 is 1.80 bits per heavy atom. The van der Waals surface area contributed by atoms with Crippen LogP contribution in [0.3, 0.4) is 0 Å². The lowest BCUT2D eigenvalue weighted by Gasteiger charge is -2.10. The standard InChI is InChI=1S/C22H23N3O4S/c1-14-8-9-15(2)21(12-14)30(27,28)25-24-16(3)18-6-5-7-19(13-18)23-22(26)20-10-11-29-17(20)4/h5-13,25H,1-4H3,(H,23,26)/b24-16-. The lowest BCUT2D eigenvalue weighted by Crippen LogP contribution is -2.21. The molecule has 8 heteroatoms. The average Bonchev–Trinajstić information content (AvgIpc) is 3.14. The van der Waals surface area contributed by atoms with E-state index in [9.17, 15) is 13.2 Å². The highest BCUT2D eigenvalue weighted by atomic mass is 32.2. The van der Waals surface area contributed by atoms with Gasteiger partial charge in [0.25, 0.3) is 15.9 Å². The molecule has 0 saturated carbocycles. The van der Waals surface area contributed by atoms with Crippen LogP contribution in [0, 0.1) is 20.8 Å². The first-order valence-corrected chi connectivity index (χ1v) is 10.7. The van der Waals surface area contributed by atoms with E-state index in [2.05, 4.69) is 15.2 Å². The summed E-state index contributed by atoms with van der Waals surface area (Å²) in [5, 5.41) is 6.85. The summed E-state index contributed by atoms with van der Waals surface area (Å²) in [5.41, 5.74) is 3.62. The van der Waals surface area contributed by atoms with E-state index in [0.29, 0.717) is 33.8 Å². The second kappa shape index (κ2) is 8.54. The number of furan rings is 1. The zero-order valence-electron chi connectivity index (χ0n) is 17.2. The van der Waals surface area contributed by atoms with Gasteiger partial charge in [0.2, 0.25) is 0 Å². The molecule has 0 spiro atoms. The molecule has 3 aromatic rings. The van der Waals surface area contributed by atoms with Gasteiger partial charge in [0.05, 0.1) is 22.4 Å². The first-order chi connectivity index (χ1) is 14.2. The summed E-state index contributed by atoms with van der Waals surface area (Å²) in [7, 11) is -3.80. The third kappa shape index (κ3) is 4.77. The highest BCUT2D eigenvalue weighted by molar-refractivity contribution is 7.89. The number of benzene rings is 2.